The number of benzene rings is 1. The first kappa shape index (κ1) is 44.8. The summed E-state index contributed by atoms with van der Waals surface area (Å²) in [6.07, 6.45) is 51.3. The summed E-state index contributed by atoms with van der Waals surface area (Å²) < 4.78 is 12.5. The van der Waals surface area contributed by atoms with Gasteiger partial charge in [0.15, 0.2) is 0 Å². The maximum atomic E-state index is 6.23. The lowest BCUT2D eigenvalue weighted by molar-refractivity contribution is 0.289. The van der Waals surface area contributed by atoms with Crippen LogP contribution in [0.3, 0.4) is 0 Å². The highest BCUT2D eigenvalue weighted by molar-refractivity contribution is 5.38. The van der Waals surface area contributed by atoms with Crippen molar-refractivity contribution in [1.82, 2.24) is 5.32 Å². The van der Waals surface area contributed by atoms with Crippen molar-refractivity contribution in [2.45, 2.75) is 181 Å². The summed E-state index contributed by atoms with van der Waals surface area (Å²) in [4.78, 5) is 0. The molecule has 0 saturated heterocycles. The fourth-order valence-electron chi connectivity index (χ4n) is 5.97. The molecule has 0 aromatic heterocycles. The highest BCUT2D eigenvalue weighted by atomic mass is 16.5. The predicted octanol–water partition coefficient (Wildman–Crippen LogP) is 14.2. The molecule has 3 nitrogen and oxygen atoms in total. The molecule has 1 aromatic rings. The van der Waals surface area contributed by atoms with Crippen LogP contribution < -0.4 is 14.8 Å². The molecule has 0 aliphatic rings. The third kappa shape index (κ3) is 31.5. The van der Waals surface area contributed by atoms with Crippen molar-refractivity contribution in [1.29, 1.82) is 0 Å². The van der Waals surface area contributed by atoms with Crippen LogP contribution in [0.25, 0.3) is 0 Å². The number of nitrogens with one attached hydrogen (secondary N) is 1. The Kier molecular flexibility index (Phi) is 33.8. The molecule has 0 amide bonds. The van der Waals surface area contributed by atoms with Crippen LogP contribution in [0.15, 0.2) is 66.8 Å². The molecular formula is C46H79NO2. The average Bonchev–Trinajstić information content (AvgIpc) is 3.11. The van der Waals surface area contributed by atoms with Gasteiger partial charge in [-0.3, -0.25) is 0 Å². The molecule has 1 N–H and O–H groups in total. The van der Waals surface area contributed by atoms with E-state index >= 15 is 0 Å². The zero-order valence-corrected chi connectivity index (χ0v) is 32.7. The van der Waals surface area contributed by atoms with Gasteiger partial charge in [0.25, 0.3) is 0 Å². The highest BCUT2D eigenvalue weighted by Crippen LogP contribution is 2.25. The first-order valence-corrected chi connectivity index (χ1v) is 20.9. The summed E-state index contributed by atoms with van der Waals surface area (Å²) in [5, 5.41) is 3.27. The van der Waals surface area contributed by atoms with Crippen LogP contribution in [0.2, 0.25) is 0 Å². The second-order valence-electron chi connectivity index (χ2n) is 13.9. The molecule has 0 fully saturated rings. The maximum Gasteiger partial charge on any atom is 0.123 e. The molecule has 280 valence electrons. The number of unbranched alkanes of at least 4 members (excludes halogenated alkanes) is 18. The first-order chi connectivity index (χ1) is 24.3. The van der Waals surface area contributed by atoms with Gasteiger partial charge in [-0.2, -0.15) is 0 Å². The molecule has 0 aliphatic carbocycles. The summed E-state index contributed by atoms with van der Waals surface area (Å²) in [6, 6.07) is 6.55. The second kappa shape index (κ2) is 37.0. The molecule has 49 heavy (non-hydrogen) atoms. The topological polar surface area (TPSA) is 30.5 Å². The Hall–Kier alpha value is -2.26. The minimum Gasteiger partial charge on any atom is -0.493 e. The van der Waals surface area contributed by atoms with Gasteiger partial charge in [-0.1, -0.05) is 140 Å². The van der Waals surface area contributed by atoms with Crippen LogP contribution in [0, 0.1) is 0 Å². The fourth-order valence-corrected chi connectivity index (χ4v) is 5.97. The average molecular weight is 678 g/mol. The number of rotatable bonds is 36. The minimum absolute atomic E-state index is 0.792. The van der Waals surface area contributed by atoms with Crippen LogP contribution in [0.5, 0.6) is 11.5 Å². The maximum absolute atomic E-state index is 6.23. The van der Waals surface area contributed by atoms with Gasteiger partial charge in [0.1, 0.15) is 11.5 Å². The van der Waals surface area contributed by atoms with Gasteiger partial charge in [-0.05, 0) is 121 Å². The van der Waals surface area contributed by atoms with E-state index in [0.29, 0.717) is 0 Å². The van der Waals surface area contributed by atoms with Crippen molar-refractivity contribution in [2.24, 2.45) is 0 Å². The third-order valence-corrected chi connectivity index (χ3v) is 9.06. The lowest BCUT2D eigenvalue weighted by Crippen LogP contribution is -2.08. The lowest BCUT2D eigenvalue weighted by atomic mass is 10.1. The standard InChI is InChI=1S/C46H79NO2/c1-4-6-8-10-12-14-16-18-20-22-24-26-28-30-32-34-39-48-45-41-44(37-36-38-47-3)42-46(43-45)49-40-35-33-31-29-27-25-23-21-19-17-15-13-11-9-7-5-2/h12-15,18-21,41-43,47H,4-11,16-17,22-40H2,1-3H3/b14-12-,15-13-,20-18-,21-19-. The Balaban J connectivity index is 2.16. The van der Waals surface area contributed by atoms with Crippen molar-refractivity contribution in [3.63, 3.8) is 0 Å². The van der Waals surface area contributed by atoms with Crippen molar-refractivity contribution < 1.29 is 9.47 Å². The van der Waals surface area contributed by atoms with Gasteiger partial charge in [0.2, 0.25) is 0 Å². The van der Waals surface area contributed by atoms with Crippen molar-refractivity contribution in [2.75, 3.05) is 26.8 Å². The number of ether oxygens (including phenoxy) is 2. The lowest BCUT2D eigenvalue weighted by Gasteiger charge is -2.13. The van der Waals surface area contributed by atoms with Gasteiger partial charge >= 0.3 is 0 Å². The summed E-state index contributed by atoms with van der Waals surface area (Å²) in [7, 11) is 2.02. The number of hydrogen-bond acceptors (Lipinski definition) is 3. The summed E-state index contributed by atoms with van der Waals surface area (Å²) in [5.41, 5.74) is 1.32. The van der Waals surface area contributed by atoms with Crippen molar-refractivity contribution in [3.05, 3.63) is 72.4 Å². The predicted molar refractivity (Wildman–Crippen MR) is 218 cm³/mol. The van der Waals surface area contributed by atoms with Crippen LogP contribution >= 0.6 is 0 Å². The smallest absolute Gasteiger partial charge is 0.123 e. The molecule has 0 unspecified atom stereocenters. The van der Waals surface area contributed by atoms with E-state index in [2.05, 4.69) is 86.0 Å². The van der Waals surface area contributed by atoms with E-state index in [1.807, 2.05) is 7.05 Å². The van der Waals surface area contributed by atoms with Gasteiger partial charge in [-0.25, -0.2) is 0 Å². The molecule has 0 aliphatic heterocycles. The quantitative estimate of drug-likeness (QED) is 0.0566. The number of allylic oxidation sites excluding steroid dienone is 8. The summed E-state index contributed by atoms with van der Waals surface area (Å²) in [5.74, 6) is 1.94. The van der Waals surface area contributed by atoms with E-state index in [9.17, 15) is 0 Å². The van der Waals surface area contributed by atoms with E-state index in [0.717, 1.165) is 69.8 Å². The number of aryl methyl sites for hydroxylation is 1. The highest BCUT2D eigenvalue weighted by Gasteiger charge is 2.05. The van der Waals surface area contributed by atoms with Crippen molar-refractivity contribution in [3.8, 4) is 11.5 Å². The van der Waals surface area contributed by atoms with Gasteiger partial charge in [0, 0.05) is 6.07 Å². The Morgan fingerprint density at radius 2 is 0.837 bits per heavy atom. The Labute approximate surface area is 305 Å². The molecule has 0 bridgehead atoms. The van der Waals surface area contributed by atoms with Crippen molar-refractivity contribution >= 4 is 0 Å². The Bertz CT molecular complexity index is 878. The minimum atomic E-state index is 0.792. The fraction of sp³-hybridized carbons (Fsp3) is 0.696. The molecule has 0 saturated carbocycles. The molecule has 0 spiro atoms. The zero-order valence-electron chi connectivity index (χ0n) is 32.7. The summed E-state index contributed by atoms with van der Waals surface area (Å²) >= 11 is 0. The Morgan fingerprint density at radius 3 is 1.24 bits per heavy atom. The van der Waals surface area contributed by atoms with E-state index in [-0.39, 0.29) is 0 Å². The number of hydrogen-bond donors (Lipinski definition) is 1. The largest absolute Gasteiger partial charge is 0.493 e. The molecule has 0 heterocycles. The zero-order chi connectivity index (χ0) is 35.1. The normalized spacial score (nSPS) is 12.1. The SMILES string of the molecule is CCCCC/C=C\C/C=C\CCCCCCCCOc1cc(CCCNC)cc(OCCCCCCCC/C=C\C/C=C\CCCCC)c1. The molecule has 0 radical (unpaired) electrons. The van der Waals surface area contributed by atoms with Gasteiger partial charge < -0.3 is 14.8 Å². The van der Waals surface area contributed by atoms with E-state index in [4.69, 9.17) is 9.47 Å². The van der Waals surface area contributed by atoms with Crippen LogP contribution in [-0.2, 0) is 6.42 Å². The molecular weight excluding hydrogens is 599 g/mol. The van der Waals surface area contributed by atoms with Crippen LogP contribution in [0.1, 0.15) is 180 Å². The third-order valence-electron chi connectivity index (χ3n) is 9.06. The second-order valence-corrected chi connectivity index (χ2v) is 13.9. The molecule has 1 rings (SSSR count). The first-order valence-electron chi connectivity index (χ1n) is 20.9. The molecule has 0 atom stereocenters. The van der Waals surface area contributed by atoms with Gasteiger partial charge in [0.05, 0.1) is 13.2 Å². The molecule has 1 aromatic carbocycles. The van der Waals surface area contributed by atoms with E-state index in [1.54, 1.807) is 0 Å². The van der Waals surface area contributed by atoms with Crippen LogP contribution in [0.4, 0.5) is 0 Å². The van der Waals surface area contributed by atoms with Gasteiger partial charge in [-0.15, -0.1) is 0 Å². The van der Waals surface area contributed by atoms with E-state index < -0.39 is 0 Å². The Morgan fingerprint density at radius 1 is 0.449 bits per heavy atom. The monoisotopic (exact) mass is 678 g/mol. The molecule has 3 heteroatoms. The summed E-state index contributed by atoms with van der Waals surface area (Å²) in [6.45, 7) is 7.14. The van der Waals surface area contributed by atoms with E-state index in [1.165, 1.54) is 134 Å². The van der Waals surface area contributed by atoms with Crippen LogP contribution in [-0.4, -0.2) is 26.8 Å².